The van der Waals surface area contributed by atoms with Gasteiger partial charge < -0.3 is 14.8 Å². The summed E-state index contributed by atoms with van der Waals surface area (Å²) in [6.45, 7) is 2.39. The van der Waals surface area contributed by atoms with Crippen LogP contribution < -0.4 is 4.90 Å². The van der Waals surface area contributed by atoms with Crippen LogP contribution in [-0.4, -0.2) is 50.9 Å². The molecule has 3 fully saturated rings. The van der Waals surface area contributed by atoms with Gasteiger partial charge in [0.15, 0.2) is 0 Å². The summed E-state index contributed by atoms with van der Waals surface area (Å²) < 4.78 is 0. The van der Waals surface area contributed by atoms with Crippen molar-refractivity contribution < 1.29 is 4.79 Å². The second kappa shape index (κ2) is 4.94. The van der Waals surface area contributed by atoms with Crippen molar-refractivity contribution in [3.8, 4) is 6.07 Å². The number of amides is 1. The van der Waals surface area contributed by atoms with Crippen LogP contribution in [0.1, 0.15) is 32.1 Å². The number of nitrogens with one attached hydrogen (secondary N) is 1. The highest BCUT2D eigenvalue weighted by Crippen LogP contribution is 2.52. The average molecular weight is 336 g/mol. The fourth-order valence-corrected chi connectivity index (χ4v) is 4.11. The molecule has 2 aliphatic carbocycles. The normalized spacial score (nSPS) is 23.3. The van der Waals surface area contributed by atoms with Crippen LogP contribution in [-0.2, 0) is 4.79 Å². The van der Waals surface area contributed by atoms with Crippen LogP contribution in [0.4, 0.5) is 5.82 Å². The maximum atomic E-state index is 13.0. The van der Waals surface area contributed by atoms with Gasteiger partial charge >= 0.3 is 0 Å². The van der Waals surface area contributed by atoms with E-state index in [0.717, 1.165) is 55.7 Å². The van der Waals surface area contributed by atoms with Crippen molar-refractivity contribution >= 4 is 22.8 Å². The molecule has 0 atom stereocenters. The standard InChI is InChI=1S/C18H20N6O/c19-10-17(3-4-17)16(25)24-9-1-8-23(11-18(24)5-6-18)15-13-2-7-20-14(13)21-12-22-15/h2,7,12H,1,3-6,8-9,11H2,(H,20,21,22). The fourth-order valence-electron chi connectivity index (χ4n) is 4.11. The van der Waals surface area contributed by atoms with E-state index in [4.69, 9.17) is 0 Å². The first-order chi connectivity index (χ1) is 12.2. The van der Waals surface area contributed by atoms with E-state index in [1.807, 2.05) is 17.2 Å². The Morgan fingerprint density at radius 1 is 1.24 bits per heavy atom. The molecule has 25 heavy (non-hydrogen) atoms. The zero-order valence-electron chi connectivity index (χ0n) is 14.0. The van der Waals surface area contributed by atoms with Gasteiger partial charge in [-0.25, -0.2) is 9.97 Å². The molecule has 7 heteroatoms. The maximum Gasteiger partial charge on any atom is 0.243 e. The number of H-pyrrole nitrogens is 1. The summed E-state index contributed by atoms with van der Waals surface area (Å²) in [5.41, 5.74) is -0.00490. The number of carbonyl (C=O) groups excluding carboxylic acids is 1. The van der Waals surface area contributed by atoms with Gasteiger partial charge in [-0.05, 0) is 38.2 Å². The Bertz CT molecular complexity index is 888. The summed E-state index contributed by atoms with van der Waals surface area (Å²) in [5.74, 6) is 0.997. The summed E-state index contributed by atoms with van der Waals surface area (Å²) in [7, 11) is 0. The van der Waals surface area contributed by atoms with Crippen molar-refractivity contribution in [1.29, 1.82) is 5.26 Å². The van der Waals surface area contributed by atoms with Gasteiger partial charge in [0.2, 0.25) is 5.91 Å². The van der Waals surface area contributed by atoms with Crippen molar-refractivity contribution in [2.75, 3.05) is 24.5 Å². The van der Waals surface area contributed by atoms with E-state index >= 15 is 0 Å². The van der Waals surface area contributed by atoms with E-state index < -0.39 is 5.41 Å². The lowest BCUT2D eigenvalue weighted by Crippen LogP contribution is -2.49. The highest BCUT2D eigenvalue weighted by Gasteiger charge is 2.60. The average Bonchev–Trinajstić information content (AvgIpc) is 3.55. The topological polar surface area (TPSA) is 88.9 Å². The number of carbonyl (C=O) groups is 1. The molecular formula is C18H20N6O. The molecule has 2 aromatic rings. The van der Waals surface area contributed by atoms with E-state index in [9.17, 15) is 10.1 Å². The third-order valence-electron chi connectivity index (χ3n) is 5.95. The van der Waals surface area contributed by atoms with Gasteiger partial charge in [0.05, 0.1) is 17.0 Å². The quantitative estimate of drug-likeness (QED) is 0.904. The maximum absolute atomic E-state index is 13.0. The molecule has 0 radical (unpaired) electrons. The van der Waals surface area contributed by atoms with E-state index in [1.54, 1.807) is 6.33 Å². The molecule has 1 aliphatic heterocycles. The number of nitriles is 1. The lowest BCUT2D eigenvalue weighted by atomic mass is 10.0. The van der Waals surface area contributed by atoms with Gasteiger partial charge in [-0.15, -0.1) is 0 Å². The molecule has 2 aromatic heterocycles. The number of hydrogen-bond acceptors (Lipinski definition) is 5. The molecule has 7 nitrogen and oxygen atoms in total. The Labute approximate surface area is 145 Å². The number of hydrogen-bond donors (Lipinski definition) is 1. The van der Waals surface area contributed by atoms with Gasteiger partial charge in [-0.1, -0.05) is 0 Å². The first-order valence-corrected chi connectivity index (χ1v) is 8.94. The van der Waals surface area contributed by atoms with Crippen molar-refractivity contribution in [3.63, 3.8) is 0 Å². The molecule has 1 spiro atoms. The Morgan fingerprint density at radius 2 is 2.08 bits per heavy atom. The van der Waals surface area contributed by atoms with Gasteiger partial charge in [0, 0.05) is 25.8 Å². The molecule has 2 saturated carbocycles. The zero-order chi connectivity index (χ0) is 17.1. The predicted octanol–water partition coefficient (Wildman–Crippen LogP) is 1.83. The van der Waals surface area contributed by atoms with E-state index in [-0.39, 0.29) is 11.4 Å². The Balaban J connectivity index is 1.46. The van der Waals surface area contributed by atoms with Crippen LogP contribution in [0.5, 0.6) is 0 Å². The number of aromatic amines is 1. The molecule has 1 amide bonds. The van der Waals surface area contributed by atoms with Crippen molar-refractivity contribution in [1.82, 2.24) is 19.9 Å². The summed E-state index contributed by atoms with van der Waals surface area (Å²) >= 11 is 0. The van der Waals surface area contributed by atoms with Crippen LogP contribution in [0.2, 0.25) is 0 Å². The van der Waals surface area contributed by atoms with E-state index in [2.05, 4.69) is 25.9 Å². The van der Waals surface area contributed by atoms with Crippen molar-refractivity contribution in [3.05, 3.63) is 18.6 Å². The minimum Gasteiger partial charge on any atom is -0.354 e. The lowest BCUT2D eigenvalue weighted by Gasteiger charge is -2.33. The van der Waals surface area contributed by atoms with Crippen LogP contribution in [0.25, 0.3) is 11.0 Å². The number of anilines is 1. The molecule has 3 aliphatic rings. The van der Waals surface area contributed by atoms with Crippen LogP contribution >= 0.6 is 0 Å². The molecule has 1 saturated heterocycles. The third kappa shape index (κ3) is 2.13. The molecule has 0 bridgehead atoms. The van der Waals surface area contributed by atoms with Crippen LogP contribution in [0.15, 0.2) is 18.6 Å². The number of aromatic nitrogens is 3. The highest BCUT2D eigenvalue weighted by atomic mass is 16.2. The number of nitrogens with zero attached hydrogens (tertiary/aromatic N) is 5. The molecule has 5 rings (SSSR count). The molecular weight excluding hydrogens is 316 g/mol. The Hall–Kier alpha value is -2.62. The first kappa shape index (κ1) is 14.7. The zero-order valence-corrected chi connectivity index (χ0v) is 14.0. The Kier molecular flexibility index (Phi) is 2.91. The summed E-state index contributed by atoms with van der Waals surface area (Å²) in [5, 5.41) is 10.4. The SMILES string of the molecule is N#CC1(C(=O)N2CCCN(c3ncnc4[nH]ccc34)CC23CC3)CC1. The van der Waals surface area contributed by atoms with Crippen LogP contribution in [0, 0.1) is 16.7 Å². The van der Waals surface area contributed by atoms with Crippen molar-refractivity contribution in [2.24, 2.45) is 5.41 Å². The summed E-state index contributed by atoms with van der Waals surface area (Å²) in [6.07, 6.45) is 7.83. The molecule has 1 N–H and O–H groups in total. The minimum absolute atomic E-state index is 0.0591. The Morgan fingerprint density at radius 3 is 2.80 bits per heavy atom. The number of rotatable bonds is 2. The van der Waals surface area contributed by atoms with Gasteiger partial charge in [-0.2, -0.15) is 5.26 Å². The molecule has 0 aromatic carbocycles. The fraction of sp³-hybridized carbons (Fsp3) is 0.556. The van der Waals surface area contributed by atoms with Gasteiger partial charge in [-0.3, -0.25) is 4.79 Å². The minimum atomic E-state index is -0.729. The monoisotopic (exact) mass is 336 g/mol. The smallest absolute Gasteiger partial charge is 0.243 e. The molecule has 0 unspecified atom stereocenters. The predicted molar refractivity (Wildman–Crippen MR) is 91.7 cm³/mol. The highest BCUT2D eigenvalue weighted by molar-refractivity contribution is 5.90. The van der Waals surface area contributed by atoms with Crippen LogP contribution in [0.3, 0.4) is 0 Å². The van der Waals surface area contributed by atoms with Gasteiger partial charge in [0.25, 0.3) is 0 Å². The van der Waals surface area contributed by atoms with Gasteiger partial charge in [0.1, 0.15) is 23.2 Å². The summed E-state index contributed by atoms with van der Waals surface area (Å²) in [6, 6.07) is 4.28. The first-order valence-electron chi connectivity index (χ1n) is 8.94. The lowest BCUT2D eigenvalue weighted by molar-refractivity contribution is -0.137. The number of fused-ring (bicyclic) bond motifs is 1. The van der Waals surface area contributed by atoms with E-state index in [0.29, 0.717) is 12.8 Å². The van der Waals surface area contributed by atoms with E-state index in [1.165, 1.54) is 0 Å². The van der Waals surface area contributed by atoms with Crippen molar-refractivity contribution in [2.45, 2.75) is 37.6 Å². The third-order valence-corrected chi connectivity index (χ3v) is 5.95. The second-order valence-corrected chi connectivity index (χ2v) is 7.59. The summed E-state index contributed by atoms with van der Waals surface area (Å²) in [4.78, 5) is 29.2. The molecule has 128 valence electrons. The largest absolute Gasteiger partial charge is 0.354 e. The molecule has 3 heterocycles. The second-order valence-electron chi connectivity index (χ2n) is 7.59.